The second-order valence-corrected chi connectivity index (χ2v) is 13.1. The highest BCUT2D eigenvalue weighted by Gasteiger charge is 2.40. The highest BCUT2D eigenvalue weighted by molar-refractivity contribution is 6.38. The molecule has 0 bridgehead atoms. The van der Waals surface area contributed by atoms with Crippen molar-refractivity contribution in [3.05, 3.63) is 0 Å². The van der Waals surface area contributed by atoms with Crippen molar-refractivity contribution in [2.24, 2.45) is 5.92 Å². The molecule has 22 heteroatoms. The Balaban J connectivity index is 3.15. The molecule has 1 rings (SSSR count). The number of aliphatic hydroxyl groups excluding tert-OH is 1. The Kier molecular flexibility index (Phi) is 20.0. The molecule has 0 unspecified atom stereocenters. The molecule has 0 aliphatic carbocycles. The fourth-order valence-electron chi connectivity index (χ4n) is 5.56. The van der Waals surface area contributed by atoms with Crippen LogP contribution in [-0.2, 0) is 52.7 Å². The van der Waals surface area contributed by atoms with E-state index in [1.807, 2.05) is 5.32 Å². The highest BCUT2D eigenvalue weighted by atomic mass is 16.4. The first-order valence-corrected chi connectivity index (χ1v) is 17.6. The molecule has 1 saturated heterocycles. The van der Waals surface area contributed by atoms with E-state index in [1.54, 1.807) is 6.92 Å². The van der Waals surface area contributed by atoms with Crippen molar-refractivity contribution in [2.75, 3.05) is 19.7 Å². The molecule has 0 aromatic rings. The SMILES string of the molecule is CCC[C@H](NC(=O)[C@@H]1CCCN1C(=O)[C@H](CO)NC(=O)[C@@H](NC(=O)[C@H](CCC(=O)O)NC(=O)[C@H](CCC(=O)O)NC(C)=O)C(C)C)C(=O)C(=O)NCC(=O)O. The lowest BCUT2D eigenvalue weighted by Crippen LogP contribution is -2.61. The molecule has 0 aromatic heterocycles. The fraction of sp³-hybridized carbons (Fsp3) is 0.667. The summed E-state index contributed by atoms with van der Waals surface area (Å²) < 4.78 is 0. The minimum absolute atomic E-state index is 0.00994. The number of hydrogen-bond donors (Lipinski definition) is 10. The van der Waals surface area contributed by atoms with E-state index in [4.69, 9.17) is 10.2 Å². The third kappa shape index (κ3) is 16.1. The van der Waals surface area contributed by atoms with Crippen molar-refractivity contribution >= 4 is 65.0 Å². The van der Waals surface area contributed by atoms with Gasteiger partial charge in [0, 0.05) is 26.3 Å². The molecule has 7 amide bonds. The number of ketones is 1. The zero-order valence-electron chi connectivity index (χ0n) is 31.0. The van der Waals surface area contributed by atoms with Gasteiger partial charge in [-0.1, -0.05) is 27.2 Å². The summed E-state index contributed by atoms with van der Waals surface area (Å²) in [4.78, 5) is 137. The molecule has 1 heterocycles. The van der Waals surface area contributed by atoms with E-state index in [2.05, 4.69) is 26.6 Å². The number of aliphatic hydroxyl groups is 1. The molecular weight excluding hydrogens is 734 g/mol. The van der Waals surface area contributed by atoms with Gasteiger partial charge in [0.2, 0.25) is 41.2 Å². The van der Waals surface area contributed by atoms with Crippen LogP contribution in [0.25, 0.3) is 0 Å². The Morgan fingerprint density at radius 3 is 1.73 bits per heavy atom. The maximum atomic E-state index is 13.6. The Morgan fingerprint density at radius 1 is 0.691 bits per heavy atom. The summed E-state index contributed by atoms with van der Waals surface area (Å²) >= 11 is 0. The van der Waals surface area contributed by atoms with E-state index in [0.29, 0.717) is 12.8 Å². The summed E-state index contributed by atoms with van der Waals surface area (Å²) in [5.74, 6) is -12.4. The lowest BCUT2D eigenvalue weighted by molar-refractivity contribution is -0.145. The van der Waals surface area contributed by atoms with E-state index < -0.39 is 140 Å². The number of Topliss-reactive ketones (excluding diaryl/α,β-unsaturated/α-hetero) is 1. The lowest BCUT2D eigenvalue weighted by Gasteiger charge is -2.31. The Labute approximate surface area is 315 Å². The molecule has 0 radical (unpaired) electrons. The van der Waals surface area contributed by atoms with Crippen LogP contribution in [0.3, 0.4) is 0 Å². The van der Waals surface area contributed by atoms with Gasteiger partial charge in [0.05, 0.1) is 12.6 Å². The molecule has 0 aromatic carbocycles. The Hall–Kier alpha value is -5.67. The molecule has 1 aliphatic rings. The number of rotatable bonds is 24. The number of carbonyl (C=O) groups is 11. The molecule has 1 aliphatic heterocycles. The monoisotopic (exact) mass is 785 g/mol. The predicted molar refractivity (Wildman–Crippen MR) is 186 cm³/mol. The topological polar surface area (TPSA) is 344 Å². The summed E-state index contributed by atoms with van der Waals surface area (Å²) in [6.45, 7) is 4.02. The smallest absolute Gasteiger partial charge is 0.322 e. The molecule has 22 nitrogen and oxygen atoms in total. The molecule has 6 atom stereocenters. The quantitative estimate of drug-likeness (QED) is 0.0422. The van der Waals surface area contributed by atoms with Crippen LogP contribution in [0.1, 0.15) is 79.1 Å². The summed E-state index contributed by atoms with van der Waals surface area (Å²) in [5, 5.41) is 50.8. The van der Waals surface area contributed by atoms with Crippen LogP contribution in [0, 0.1) is 5.92 Å². The third-order valence-electron chi connectivity index (χ3n) is 8.34. The number of aliphatic carboxylic acids is 3. The van der Waals surface area contributed by atoms with Crippen LogP contribution in [-0.4, -0.2) is 146 Å². The number of amides is 7. The Bertz CT molecular complexity index is 1470. The third-order valence-corrected chi connectivity index (χ3v) is 8.34. The minimum atomic E-state index is -1.64. The lowest BCUT2D eigenvalue weighted by atomic mass is 10.0. The summed E-state index contributed by atoms with van der Waals surface area (Å²) in [6, 6.07) is -8.55. The molecular formula is C33H51N7O15. The summed E-state index contributed by atoms with van der Waals surface area (Å²) in [5.41, 5.74) is 0. The van der Waals surface area contributed by atoms with Crippen LogP contribution < -0.4 is 31.9 Å². The first kappa shape index (κ1) is 47.4. The molecule has 55 heavy (non-hydrogen) atoms. The van der Waals surface area contributed by atoms with E-state index in [-0.39, 0.29) is 25.8 Å². The van der Waals surface area contributed by atoms with Crippen LogP contribution >= 0.6 is 0 Å². The van der Waals surface area contributed by atoms with E-state index >= 15 is 0 Å². The number of likely N-dealkylation sites (tertiary alicyclic amines) is 1. The Morgan fingerprint density at radius 2 is 1.24 bits per heavy atom. The van der Waals surface area contributed by atoms with Gasteiger partial charge in [0.25, 0.3) is 5.91 Å². The first-order chi connectivity index (χ1) is 25.7. The van der Waals surface area contributed by atoms with Gasteiger partial charge in [0.1, 0.15) is 36.8 Å². The van der Waals surface area contributed by atoms with Crippen LogP contribution in [0.2, 0.25) is 0 Å². The van der Waals surface area contributed by atoms with Crippen LogP contribution in [0.5, 0.6) is 0 Å². The fourth-order valence-corrected chi connectivity index (χ4v) is 5.56. The van der Waals surface area contributed by atoms with Gasteiger partial charge in [-0.25, -0.2) is 0 Å². The van der Waals surface area contributed by atoms with Crippen molar-refractivity contribution in [2.45, 2.75) is 115 Å². The summed E-state index contributed by atoms with van der Waals surface area (Å²) in [7, 11) is 0. The minimum Gasteiger partial charge on any atom is -0.481 e. The molecule has 0 spiro atoms. The number of nitrogens with zero attached hydrogens (tertiary/aromatic N) is 1. The van der Waals surface area contributed by atoms with Crippen molar-refractivity contribution < 1.29 is 73.2 Å². The van der Waals surface area contributed by atoms with Crippen molar-refractivity contribution in [3.63, 3.8) is 0 Å². The van der Waals surface area contributed by atoms with Gasteiger partial charge in [0.15, 0.2) is 0 Å². The number of carbonyl (C=O) groups excluding carboxylic acids is 8. The van der Waals surface area contributed by atoms with Gasteiger partial charge in [-0.2, -0.15) is 0 Å². The van der Waals surface area contributed by atoms with Crippen molar-refractivity contribution in [1.29, 1.82) is 0 Å². The van der Waals surface area contributed by atoms with Crippen molar-refractivity contribution in [3.8, 4) is 0 Å². The maximum absolute atomic E-state index is 13.6. The zero-order chi connectivity index (χ0) is 42.0. The van der Waals surface area contributed by atoms with E-state index in [1.165, 1.54) is 13.8 Å². The maximum Gasteiger partial charge on any atom is 0.322 e. The van der Waals surface area contributed by atoms with Crippen molar-refractivity contribution in [1.82, 2.24) is 36.8 Å². The van der Waals surface area contributed by atoms with E-state index in [0.717, 1.165) is 11.8 Å². The largest absolute Gasteiger partial charge is 0.481 e. The normalized spacial score (nSPS) is 16.3. The molecule has 10 N–H and O–H groups in total. The highest BCUT2D eigenvalue weighted by Crippen LogP contribution is 2.20. The standard InChI is InChI=1S/C33H51N7O15/c1-5-7-18(27(49)32(54)34-14-25(47)48)36-30(52)22-8-6-13-40(22)33(55)21(15-41)38-31(53)26(16(2)3)39-29(51)20(10-12-24(45)46)37-28(50)19(35-17(4)42)9-11-23(43)44/h16,18-22,26,41H,5-15H2,1-4H3,(H,34,54)(H,35,42)(H,36,52)(H,37,50)(H,38,53)(H,39,51)(H,43,44)(H,45,46)(H,47,48)/t18-,19-,20-,21-,22-,26-/m0/s1. The van der Waals surface area contributed by atoms with Gasteiger partial charge in [-0.15, -0.1) is 0 Å². The van der Waals surface area contributed by atoms with Gasteiger partial charge >= 0.3 is 17.9 Å². The second-order valence-electron chi connectivity index (χ2n) is 13.1. The average molecular weight is 786 g/mol. The number of carboxylic acids is 3. The first-order valence-electron chi connectivity index (χ1n) is 17.6. The van der Waals surface area contributed by atoms with Gasteiger partial charge in [-0.3, -0.25) is 52.7 Å². The number of carboxylic acid groups (broad SMARTS) is 3. The average Bonchev–Trinajstić information content (AvgIpc) is 3.60. The molecule has 1 fully saturated rings. The number of hydrogen-bond acceptors (Lipinski definition) is 12. The zero-order valence-corrected chi connectivity index (χ0v) is 31.0. The predicted octanol–water partition coefficient (Wildman–Crippen LogP) is -3.63. The molecule has 0 saturated carbocycles. The summed E-state index contributed by atoms with van der Waals surface area (Å²) in [6.07, 6.45) is -1.17. The van der Waals surface area contributed by atoms with Gasteiger partial charge < -0.3 is 57.2 Å². The van der Waals surface area contributed by atoms with Gasteiger partial charge in [-0.05, 0) is 38.0 Å². The molecule has 308 valence electrons. The number of nitrogens with one attached hydrogen (secondary N) is 6. The second kappa shape index (κ2) is 23.2. The van der Waals surface area contributed by atoms with Crippen LogP contribution in [0.15, 0.2) is 0 Å². The van der Waals surface area contributed by atoms with Crippen LogP contribution in [0.4, 0.5) is 0 Å². The van der Waals surface area contributed by atoms with E-state index in [9.17, 15) is 63.0 Å².